The maximum atomic E-state index is 6.21. The van der Waals surface area contributed by atoms with Crippen LogP contribution >= 0.6 is 23.2 Å². The molecule has 19 heavy (non-hydrogen) atoms. The number of nitrogens with one attached hydrogen (secondary N) is 1. The summed E-state index contributed by atoms with van der Waals surface area (Å²) in [6, 6.07) is 8.06. The third-order valence-electron chi connectivity index (χ3n) is 3.20. The number of hydrogen-bond acceptors (Lipinski definition) is 2. The molecule has 5 heteroatoms. The number of rotatable bonds is 4. The molecule has 0 saturated carbocycles. The standard InChI is InChI=1S/C14H17Cl2N3/c1-9(11-5-4-6-12(15)7-11)17-8-13-10(2)18-19(3)14(13)16/h4-7,9,17H,8H2,1-3H3/t9-/m0/s1. The first kappa shape index (κ1) is 14.4. The quantitative estimate of drug-likeness (QED) is 0.928. The summed E-state index contributed by atoms with van der Waals surface area (Å²) >= 11 is 12.2. The lowest BCUT2D eigenvalue weighted by Gasteiger charge is -2.14. The molecule has 0 amide bonds. The molecule has 1 aromatic heterocycles. The summed E-state index contributed by atoms with van der Waals surface area (Å²) in [5, 5.41) is 9.18. The van der Waals surface area contributed by atoms with Crippen molar-refractivity contribution in [1.29, 1.82) is 0 Å². The average Bonchev–Trinajstić information content (AvgIpc) is 2.61. The van der Waals surface area contributed by atoms with Gasteiger partial charge in [0, 0.05) is 30.2 Å². The van der Waals surface area contributed by atoms with Gasteiger partial charge in [-0.2, -0.15) is 5.10 Å². The van der Waals surface area contributed by atoms with E-state index < -0.39 is 0 Å². The largest absolute Gasteiger partial charge is 0.306 e. The van der Waals surface area contributed by atoms with Crippen molar-refractivity contribution in [3.63, 3.8) is 0 Å². The van der Waals surface area contributed by atoms with Crippen LogP contribution in [0.4, 0.5) is 0 Å². The molecular weight excluding hydrogens is 281 g/mol. The second kappa shape index (κ2) is 5.95. The van der Waals surface area contributed by atoms with Gasteiger partial charge in [-0.05, 0) is 31.5 Å². The fourth-order valence-electron chi connectivity index (χ4n) is 2.02. The van der Waals surface area contributed by atoms with Gasteiger partial charge in [-0.3, -0.25) is 4.68 Å². The summed E-state index contributed by atoms with van der Waals surface area (Å²) in [7, 11) is 1.85. The van der Waals surface area contributed by atoms with Gasteiger partial charge < -0.3 is 5.32 Å². The Kier molecular flexibility index (Phi) is 4.50. The molecule has 1 aromatic carbocycles. The number of benzene rings is 1. The highest BCUT2D eigenvalue weighted by Gasteiger charge is 2.12. The Balaban J connectivity index is 2.06. The van der Waals surface area contributed by atoms with Gasteiger partial charge in [0.15, 0.2) is 0 Å². The predicted molar refractivity (Wildman–Crippen MR) is 79.7 cm³/mol. The Morgan fingerprint density at radius 1 is 1.37 bits per heavy atom. The molecular formula is C14H17Cl2N3. The summed E-state index contributed by atoms with van der Waals surface area (Å²) < 4.78 is 1.69. The molecule has 3 nitrogen and oxygen atoms in total. The van der Waals surface area contributed by atoms with E-state index >= 15 is 0 Å². The maximum absolute atomic E-state index is 6.21. The fraction of sp³-hybridized carbons (Fsp3) is 0.357. The SMILES string of the molecule is Cc1nn(C)c(Cl)c1CN[C@@H](C)c1cccc(Cl)c1. The zero-order valence-corrected chi connectivity index (χ0v) is 12.8. The number of aromatic nitrogens is 2. The van der Waals surface area contributed by atoms with Gasteiger partial charge in [-0.25, -0.2) is 0 Å². The molecule has 0 aliphatic carbocycles. The van der Waals surface area contributed by atoms with Crippen LogP contribution in [0.15, 0.2) is 24.3 Å². The van der Waals surface area contributed by atoms with Crippen molar-refractivity contribution in [2.24, 2.45) is 7.05 Å². The van der Waals surface area contributed by atoms with Crippen LogP contribution in [0.1, 0.15) is 29.8 Å². The Labute approximate surface area is 123 Å². The highest BCUT2D eigenvalue weighted by Crippen LogP contribution is 2.21. The van der Waals surface area contributed by atoms with E-state index in [0.717, 1.165) is 21.8 Å². The monoisotopic (exact) mass is 297 g/mol. The molecule has 2 aromatic rings. The minimum absolute atomic E-state index is 0.203. The van der Waals surface area contributed by atoms with Crippen molar-refractivity contribution in [3.05, 3.63) is 51.3 Å². The van der Waals surface area contributed by atoms with E-state index in [0.29, 0.717) is 11.7 Å². The van der Waals surface area contributed by atoms with E-state index in [2.05, 4.69) is 23.4 Å². The Hall–Kier alpha value is -1.03. The van der Waals surface area contributed by atoms with Crippen LogP contribution in [0, 0.1) is 6.92 Å². The van der Waals surface area contributed by atoms with Gasteiger partial charge >= 0.3 is 0 Å². The summed E-state index contributed by atoms with van der Waals surface area (Å²) in [6.07, 6.45) is 0. The minimum atomic E-state index is 0.203. The second-order valence-corrected chi connectivity index (χ2v) is 5.43. The van der Waals surface area contributed by atoms with Gasteiger partial charge in [-0.1, -0.05) is 35.3 Å². The lowest BCUT2D eigenvalue weighted by Crippen LogP contribution is -2.18. The van der Waals surface area contributed by atoms with E-state index in [1.807, 2.05) is 32.2 Å². The van der Waals surface area contributed by atoms with Crippen LogP contribution < -0.4 is 5.32 Å². The van der Waals surface area contributed by atoms with Crippen molar-refractivity contribution < 1.29 is 0 Å². The summed E-state index contributed by atoms with van der Waals surface area (Å²) in [6.45, 7) is 4.75. The molecule has 1 heterocycles. The molecule has 0 fully saturated rings. The Morgan fingerprint density at radius 2 is 2.11 bits per heavy atom. The predicted octanol–water partition coefficient (Wildman–Crippen LogP) is 3.89. The fourth-order valence-corrected chi connectivity index (χ4v) is 2.46. The van der Waals surface area contributed by atoms with Crippen LogP contribution in [0.3, 0.4) is 0 Å². The van der Waals surface area contributed by atoms with Crippen LogP contribution in [-0.2, 0) is 13.6 Å². The van der Waals surface area contributed by atoms with E-state index in [1.54, 1.807) is 4.68 Å². The van der Waals surface area contributed by atoms with Crippen molar-refractivity contribution in [2.75, 3.05) is 0 Å². The van der Waals surface area contributed by atoms with Gasteiger partial charge in [0.25, 0.3) is 0 Å². The number of nitrogens with zero attached hydrogens (tertiary/aromatic N) is 2. The molecule has 0 radical (unpaired) electrons. The molecule has 0 spiro atoms. The van der Waals surface area contributed by atoms with E-state index in [4.69, 9.17) is 23.2 Å². The Morgan fingerprint density at radius 3 is 2.68 bits per heavy atom. The van der Waals surface area contributed by atoms with E-state index in [1.165, 1.54) is 0 Å². The molecule has 2 rings (SSSR count). The summed E-state index contributed by atoms with van der Waals surface area (Å²) in [4.78, 5) is 0. The smallest absolute Gasteiger partial charge is 0.131 e. The minimum Gasteiger partial charge on any atom is -0.306 e. The van der Waals surface area contributed by atoms with Crippen LogP contribution in [0.25, 0.3) is 0 Å². The molecule has 1 N–H and O–H groups in total. The first-order valence-electron chi connectivity index (χ1n) is 6.16. The van der Waals surface area contributed by atoms with Gasteiger partial charge in [0.2, 0.25) is 0 Å². The van der Waals surface area contributed by atoms with Crippen LogP contribution in [-0.4, -0.2) is 9.78 Å². The molecule has 0 bridgehead atoms. The van der Waals surface area contributed by atoms with Crippen LogP contribution in [0.5, 0.6) is 0 Å². The molecule has 0 unspecified atom stereocenters. The van der Waals surface area contributed by atoms with Gasteiger partial charge in [-0.15, -0.1) is 0 Å². The molecule has 0 saturated heterocycles. The lowest BCUT2D eigenvalue weighted by atomic mass is 10.1. The highest BCUT2D eigenvalue weighted by molar-refractivity contribution is 6.30. The van der Waals surface area contributed by atoms with Crippen molar-refractivity contribution in [3.8, 4) is 0 Å². The van der Waals surface area contributed by atoms with Gasteiger partial charge in [0.1, 0.15) is 5.15 Å². The molecule has 1 atom stereocenters. The average molecular weight is 298 g/mol. The third-order valence-corrected chi connectivity index (χ3v) is 3.91. The first-order chi connectivity index (χ1) is 8.99. The zero-order valence-electron chi connectivity index (χ0n) is 11.2. The topological polar surface area (TPSA) is 29.9 Å². The van der Waals surface area contributed by atoms with Crippen molar-refractivity contribution in [1.82, 2.24) is 15.1 Å². The zero-order chi connectivity index (χ0) is 14.0. The molecule has 102 valence electrons. The van der Waals surface area contributed by atoms with Crippen LogP contribution in [0.2, 0.25) is 10.2 Å². The van der Waals surface area contributed by atoms with E-state index in [9.17, 15) is 0 Å². The second-order valence-electron chi connectivity index (χ2n) is 4.64. The molecule has 0 aliphatic rings. The summed E-state index contributed by atoms with van der Waals surface area (Å²) in [5.74, 6) is 0. The first-order valence-corrected chi connectivity index (χ1v) is 6.91. The lowest BCUT2D eigenvalue weighted by molar-refractivity contribution is 0.573. The molecule has 0 aliphatic heterocycles. The maximum Gasteiger partial charge on any atom is 0.131 e. The van der Waals surface area contributed by atoms with Gasteiger partial charge in [0.05, 0.1) is 5.69 Å². The number of aryl methyl sites for hydroxylation is 2. The summed E-state index contributed by atoms with van der Waals surface area (Å²) in [5.41, 5.74) is 3.15. The highest BCUT2D eigenvalue weighted by atomic mass is 35.5. The number of halogens is 2. The third kappa shape index (κ3) is 3.30. The van der Waals surface area contributed by atoms with Crippen molar-refractivity contribution >= 4 is 23.2 Å². The van der Waals surface area contributed by atoms with E-state index in [-0.39, 0.29) is 6.04 Å². The number of hydrogen-bond donors (Lipinski definition) is 1. The Bertz CT molecular complexity index is 578. The normalized spacial score (nSPS) is 12.7. The van der Waals surface area contributed by atoms with Crippen molar-refractivity contribution in [2.45, 2.75) is 26.4 Å².